The molecule has 0 radical (unpaired) electrons. The van der Waals surface area contributed by atoms with Gasteiger partial charge in [-0.05, 0) is 23.6 Å². The first-order valence-electron chi connectivity index (χ1n) is 4.74. The topological polar surface area (TPSA) is 63.2 Å². The Morgan fingerprint density at radius 2 is 1.88 bits per heavy atom. The lowest BCUT2D eigenvalue weighted by molar-refractivity contribution is 0.112. The molecule has 2 rings (SSSR count). The summed E-state index contributed by atoms with van der Waals surface area (Å²) < 4.78 is 26.4. The summed E-state index contributed by atoms with van der Waals surface area (Å²) in [5, 5.41) is 1.68. The Morgan fingerprint density at radius 3 is 2.53 bits per heavy atom. The van der Waals surface area contributed by atoms with E-state index in [2.05, 4.69) is 4.72 Å². The molecule has 2 aromatic rings. The molecule has 0 amide bonds. The molecule has 0 fully saturated rings. The number of benzene rings is 1. The minimum Gasteiger partial charge on any atom is -0.298 e. The summed E-state index contributed by atoms with van der Waals surface area (Å²) >= 11 is 1.12. The van der Waals surface area contributed by atoms with Crippen molar-refractivity contribution in [1.29, 1.82) is 0 Å². The zero-order valence-corrected chi connectivity index (χ0v) is 10.3. The van der Waals surface area contributed by atoms with Gasteiger partial charge in [-0.2, -0.15) is 0 Å². The van der Waals surface area contributed by atoms with E-state index in [1.807, 2.05) is 0 Å². The maximum atomic E-state index is 11.9. The Morgan fingerprint density at radius 1 is 1.12 bits per heavy atom. The van der Waals surface area contributed by atoms with Crippen molar-refractivity contribution in [2.75, 3.05) is 4.72 Å². The van der Waals surface area contributed by atoms with Crippen LogP contribution < -0.4 is 4.72 Å². The number of sulfonamides is 1. The van der Waals surface area contributed by atoms with Crippen molar-refractivity contribution >= 4 is 33.3 Å². The molecule has 0 bridgehead atoms. The van der Waals surface area contributed by atoms with Crippen LogP contribution in [0.25, 0.3) is 0 Å². The van der Waals surface area contributed by atoms with Crippen LogP contribution in [0, 0.1) is 0 Å². The summed E-state index contributed by atoms with van der Waals surface area (Å²) in [6.45, 7) is 0. The number of hydrogen-bond donors (Lipinski definition) is 1. The van der Waals surface area contributed by atoms with Gasteiger partial charge in [0.1, 0.15) is 4.21 Å². The number of thiophene rings is 1. The Hall–Kier alpha value is -1.66. The zero-order valence-electron chi connectivity index (χ0n) is 8.66. The van der Waals surface area contributed by atoms with Crippen molar-refractivity contribution < 1.29 is 13.2 Å². The number of para-hydroxylation sites is 1. The molecule has 0 saturated carbocycles. The van der Waals surface area contributed by atoms with E-state index in [0.717, 1.165) is 11.3 Å². The normalized spacial score (nSPS) is 11.1. The average Bonchev–Trinajstić information content (AvgIpc) is 2.83. The smallest absolute Gasteiger partial charge is 0.271 e. The molecule has 0 spiro atoms. The second kappa shape index (κ2) is 4.68. The average molecular weight is 267 g/mol. The van der Waals surface area contributed by atoms with Crippen molar-refractivity contribution in [3.05, 3.63) is 47.3 Å². The number of rotatable bonds is 4. The molecule has 0 aliphatic heterocycles. The summed E-state index contributed by atoms with van der Waals surface area (Å²) in [5.41, 5.74) is 0.600. The third kappa shape index (κ3) is 2.54. The lowest BCUT2D eigenvalue weighted by Gasteiger charge is -2.07. The maximum absolute atomic E-state index is 11.9. The van der Waals surface area contributed by atoms with E-state index in [1.54, 1.807) is 35.7 Å². The first-order valence-corrected chi connectivity index (χ1v) is 7.10. The van der Waals surface area contributed by atoms with Gasteiger partial charge in [-0.15, -0.1) is 11.3 Å². The summed E-state index contributed by atoms with van der Waals surface area (Å²) in [6.07, 6.45) is 0.617. The van der Waals surface area contributed by atoms with Crippen LogP contribution in [0.1, 0.15) is 10.4 Å². The van der Waals surface area contributed by atoms with E-state index in [9.17, 15) is 13.2 Å². The van der Waals surface area contributed by atoms with Crippen LogP contribution in [0.3, 0.4) is 0 Å². The largest absolute Gasteiger partial charge is 0.298 e. The fourth-order valence-corrected chi connectivity index (χ4v) is 3.38. The van der Waals surface area contributed by atoms with Gasteiger partial charge in [0.2, 0.25) is 0 Å². The molecule has 6 heteroatoms. The summed E-state index contributed by atoms with van der Waals surface area (Å²) in [4.78, 5) is 10.8. The molecule has 1 N–H and O–H groups in total. The van der Waals surface area contributed by atoms with E-state index >= 15 is 0 Å². The van der Waals surface area contributed by atoms with Gasteiger partial charge in [0.25, 0.3) is 10.0 Å². The minimum atomic E-state index is -3.59. The van der Waals surface area contributed by atoms with E-state index < -0.39 is 10.0 Å². The SMILES string of the molecule is O=Cc1ccccc1NS(=O)(=O)c1cccs1. The molecule has 88 valence electrons. The van der Waals surface area contributed by atoms with Crippen molar-refractivity contribution in [2.45, 2.75) is 4.21 Å². The third-order valence-corrected chi connectivity index (χ3v) is 4.85. The number of nitrogens with one attached hydrogen (secondary N) is 1. The molecule has 0 unspecified atom stereocenters. The lowest BCUT2D eigenvalue weighted by atomic mass is 10.2. The zero-order chi connectivity index (χ0) is 12.3. The molecule has 17 heavy (non-hydrogen) atoms. The molecular formula is C11H9NO3S2. The lowest BCUT2D eigenvalue weighted by Crippen LogP contribution is -2.12. The second-order valence-electron chi connectivity index (χ2n) is 3.24. The molecule has 0 aliphatic rings. The first kappa shape index (κ1) is 11.8. The highest BCUT2D eigenvalue weighted by molar-refractivity contribution is 7.94. The summed E-state index contributed by atoms with van der Waals surface area (Å²) in [7, 11) is -3.59. The number of aldehydes is 1. The molecule has 4 nitrogen and oxygen atoms in total. The van der Waals surface area contributed by atoms with E-state index in [0.29, 0.717) is 11.8 Å². The maximum Gasteiger partial charge on any atom is 0.271 e. The molecule has 0 atom stereocenters. The molecule has 1 aromatic carbocycles. The van der Waals surface area contributed by atoms with Crippen molar-refractivity contribution in [1.82, 2.24) is 0 Å². The Labute approximate surface area is 103 Å². The predicted molar refractivity (Wildman–Crippen MR) is 67.0 cm³/mol. The molecule has 1 aromatic heterocycles. The highest BCUT2D eigenvalue weighted by atomic mass is 32.2. The van der Waals surface area contributed by atoms with Crippen LogP contribution in [0.5, 0.6) is 0 Å². The van der Waals surface area contributed by atoms with Gasteiger partial charge in [-0.25, -0.2) is 8.42 Å². The van der Waals surface area contributed by atoms with E-state index in [4.69, 9.17) is 0 Å². The monoisotopic (exact) mass is 267 g/mol. The standard InChI is InChI=1S/C11H9NO3S2/c13-8-9-4-1-2-5-10(9)12-17(14,15)11-6-3-7-16-11/h1-8,12H. The van der Waals surface area contributed by atoms with Crippen LogP contribution in [-0.4, -0.2) is 14.7 Å². The van der Waals surface area contributed by atoms with Crippen LogP contribution in [0.15, 0.2) is 46.0 Å². The van der Waals surface area contributed by atoms with Crippen molar-refractivity contribution in [3.63, 3.8) is 0 Å². The first-order chi connectivity index (χ1) is 8.13. The summed E-state index contributed by atoms with van der Waals surface area (Å²) in [6, 6.07) is 9.61. The van der Waals surface area contributed by atoms with Gasteiger partial charge >= 0.3 is 0 Å². The van der Waals surface area contributed by atoms with Crippen LogP contribution in [0.4, 0.5) is 5.69 Å². The molecule has 0 saturated heterocycles. The highest BCUT2D eigenvalue weighted by Crippen LogP contribution is 2.21. The van der Waals surface area contributed by atoms with Crippen LogP contribution in [0.2, 0.25) is 0 Å². The number of carbonyl (C=O) groups excluding carboxylic acids is 1. The number of hydrogen-bond acceptors (Lipinski definition) is 4. The minimum absolute atomic E-state index is 0.221. The fourth-order valence-electron chi connectivity index (χ4n) is 1.30. The highest BCUT2D eigenvalue weighted by Gasteiger charge is 2.16. The number of anilines is 1. The molecule has 1 heterocycles. The Kier molecular flexibility index (Phi) is 3.26. The fraction of sp³-hybridized carbons (Fsp3) is 0. The van der Waals surface area contributed by atoms with Crippen LogP contribution >= 0.6 is 11.3 Å². The third-order valence-electron chi connectivity index (χ3n) is 2.09. The van der Waals surface area contributed by atoms with Crippen LogP contribution in [-0.2, 0) is 10.0 Å². The van der Waals surface area contributed by atoms with Crippen molar-refractivity contribution in [3.8, 4) is 0 Å². The summed E-state index contributed by atoms with van der Waals surface area (Å²) in [5.74, 6) is 0. The van der Waals surface area contributed by atoms with Gasteiger partial charge < -0.3 is 0 Å². The Balaban J connectivity index is 2.36. The predicted octanol–water partition coefficient (Wildman–Crippen LogP) is 2.36. The van der Waals surface area contributed by atoms with Gasteiger partial charge in [0, 0.05) is 5.56 Å². The number of carbonyl (C=O) groups is 1. The second-order valence-corrected chi connectivity index (χ2v) is 6.10. The van der Waals surface area contributed by atoms with Gasteiger partial charge in [0.15, 0.2) is 6.29 Å². The van der Waals surface area contributed by atoms with Gasteiger partial charge in [-0.1, -0.05) is 18.2 Å². The van der Waals surface area contributed by atoms with E-state index in [-0.39, 0.29) is 9.90 Å². The quantitative estimate of drug-likeness (QED) is 0.865. The Bertz CT molecular complexity index is 618. The van der Waals surface area contributed by atoms with Gasteiger partial charge in [0.05, 0.1) is 5.69 Å². The van der Waals surface area contributed by atoms with Crippen molar-refractivity contribution in [2.24, 2.45) is 0 Å². The molecule has 0 aliphatic carbocycles. The van der Waals surface area contributed by atoms with E-state index in [1.165, 1.54) is 6.07 Å². The van der Waals surface area contributed by atoms with Gasteiger partial charge in [-0.3, -0.25) is 9.52 Å². The molecular weight excluding hydrogens is 258 g/mol.